The molecule has 1 fully saturated rings. The predicted molar refractivity (Wildman–Crippen MR) is 131 cm³/mol. The molecule has 1 atom stereocenters. The quantitative estimate of drug-likeness (QED) is 0.273. The summed E-state index contributed by atoms with van der Waals surface area (Å²) >= 11 is 0. The Bertz CT molecular complexity index is 1140. The SMILES string of the molecule is C=CCOc1cccc(C2/C(=C(/O)c3ccc4c(c3)N(C)CCO4)C(=O)C(=O)N2CCCC)c1. The van der Waals surface area contributed by atoms with Crippen LogP contribution in [0.2, 0.25) is 0 Å². The van der Waals surface area contributed by atoms with Crippen molar-refractivity contribution < 1.29 is 24.2 Å². The lowest BCUT2D eigenvalue weighted by molar-refractivity contribution is -0.139. The fourth-order valence-corrected chi connectivity index (χ4v) is 4.37. The molecular weight excluding hydrogens is 432 g/mol. The number of amides is 1. The highest BCUT2D eigenvalue weighted by Crippen LogP contribution is 2.41. The minimum Gasteiger partial charge on any atom is -0.507 e. The number of fused-ring (bicyclic) bond motifs is 1. The van der Waals surface area contributed by atoms with Crippen LogP contribution in [0, 0.1) is 0 Å². The van der Waals surface area contributed by atoms with Gasteiger partial charge in [0.25, 0.3) is 11.7 Å². The summed E-state index contributed by atoms with van der Waals surface area (Å²) in [6, 6.07) is 11.9. The van der Waals surface area contributed by atoms with E-state index in [0.29, 0.717) is 36.6 Å². The number of nitrogens with zero attached hydrogens (tertiary/aromatic N) is 2. The van der Waals surface area contributed by atoms with Gasteiger partial charge in [0, 0.05) is 19.2 Å². The van der Waals surface area contributed by atoms with Crippen molar-refractivity contribution in [3.63, 3.8) is 0 Å². The average Bonchev–Trinajstić information content (AvgIpc) is 3.11. The second-order valence-corrected chi connectivity index (χ2v) is 8.47. The third-order valence-corrected chi connectivity index (χ3v) is 6.16. The highest BCUT2D eigenvalue weighted by molar-refractivity contribution is 6.46. The van der Waals surface area contributed by atoms with E-state index in [0.717, 1.165) is 30.8 Å². The molecule has 7 nitrogen and oxygen atoms in total. The van der Waals surface area contributed by atoms with Crippen LogP contribution in [0.3, 0.4) is 0 Å². The van der Waals surface area contributed by atoms with Crippen molar-refractivity contribution in [2.75, 3.05) is 38.3 Å². The highest BCUT2D eigenvalue weighted by Gasteiger charge is 2.46. The molecule has 0 spiro atoms. The molecule has 2 heterocycles. The van der Waals surface area contributed by atoms with Crippen LogP contribution in [0.4, 0.5) is 5.69 Å². The molecule has 2 aliphatic heterocycles. The Morgan fingerprint density at radius 2 is 2.09 bits per heavy atom. The number of rotatable bonds is 8. The lowest BCUT2D eigenvalue weighted by Crippen LogP contribution is -2.30. The number of unbranched alkanes of at least 4 members (excludes halogenated alkanes) is 1. The molecule has 1 amide bonds. The molecule has 0 saturated carbocycles. The number of likely N-dealkylation sites (tertiary alicyclic amines) is 1. The van der Waals surface area contributed by atoms with Crippen LogP contribution in [0.15, 0.2) is 60.7 Å². The van der Waals surface area contributed by atoms with E-state index in [2.05, 4.69) is 6.58 Å². The van der Waals surface area contributed by atoms with Crippen LogP contribution < -0.4 is 14.4 Å². The number of likely N-dealkylation sites (N-methyl/N-ethyl adjacent to an activating group) is 1. The summed E-state index contributed by atoms with van der Waals surface area (Å²) in [5, 5.41) is 11.4. The zero-order valence-corrected chi connectivity index (χ0v) is 19.6. The van der Waals surface area contributed by atoms with E-state index in [9.17, 15) is 14.7 Å². The minimum absolute atomic E-state index is 0.0845. The normalized spacial score (nSPS) is 19.1. The summed E-state index contributed by atoms with van der Waals surface area (Å²) < 4.78 is 11.4. The van der Waals surface area contributed by atoms with E-state index < -0.39 is 17.7 Å². The van der Waals surface area contributed by atoms with Gasteiger partial charge in [0.1, 0.15) is 30.5 Å². The van der Waals surface area contributed by atoms with E-state index in [-0.39, 0.29) is 11.3 Å². The molecule has 2 aromatic carbocycles. The number of Topliss-reactive ketones (excluding diaryl/α,β-unsaturated/α-hetero) is 1. The van der Waals surface area contributed by atoms with Crippen molar-refractivity contribution in [2.45, 2.75) is 25.8 Å². The van der Waals surface area contributed by atoms with Gasteiger partial charge >= 0.3 is 0 Å². The van der Waals surface area contributed by atoms with E-state index in [4.69, 9.17) is 9.47 Å². The molecule has 4 rings (SSSR count). The second kappa shape index (κ2) is 10.0. The summed E-state index contributed by atoms with van der Waals surface area (Å²) in [5.41, 5.74) is 2.08. The Labute approximate surface area is 199 Å². The zero-order valence-electron chi connectivity index (χ0n) is 19.6. The Kier molecular flexibility index (Phi) is 6.91. The Morgan fingerprint density at radius 3 is 2.85 bits per heavy atom. The smallest absolute Gasteiger partial charge is 0.295 e. The van der Waals surface area contributed by atoms with Crippen molar-refractivity contribution in [3.8, 4) is 11.5 Å². The van der Waals surface area contributed by atoms with Crippen molar-refractivity contribution in [1.29, 1.82) is 0 Å². The monoisotopic (exact) mass is 462 g/mol. The number of aliphatic hydroxyl groups is 1. The van der Waals surface area contributed by atoms with Crippen LogP contribution in [0.1, 0.15) is 36.9 Å². The summed E-state index contributed by atoms with van der Waals surface area (Å²) in [7, 11) is 1.95. The van der Waals surface area contributed by atoms with Crippen LogP contribution in [0.25, 0.3) is 5.76 Å². The summed E-state index contributed by atoms with van der Waals surface area (Å²) in [6.07, 6.45) is 3.27. The van der Waals surface area contributed by atoms with Gasteiger partial charge in [-0.1, -0.05) is 38.1 Å². The third-order valence-electron chi connectivity index (χ3n) is 6.16. The maximum Gasteiger partial charge on any atom is 0.295 e. The van der Waals surface area contributed by atoms with E-state index in [1.807, 2.05) is 37.1 Å². The first-order chi connectivity index (χ1) is 16.5. The lowest BCUT2D eigenvalue weighted by atomic mass is 9.94. The summed E-state index contributed by atoms with van der Waals surface area (Å²) in [5.74, 6) is -0.154. The van der Waals surface area contributed by atoms with Crippen LogP contribution in [-0.2, 0) is 9.59 Å². The minimum atomic E-state index is -0.705. The molecule has 0 bridgehead atoms. The number of aliphatic hydroxyl groups excluding tert-OH is 1. The molecule has 1 saturated heterocycles. The molecule has 0 aromatic heterocycles. The first kappa shape index (κ1) is 23.4. The van der Waals surface area contributed by atoms with Crippen molar-refractivity contribution in [1.82, 2.24) is 4.90 Å². The van der Waals surface area contributed by atoms with Crippen molar-refractivity contribution >= 4 is 23.1 Å². The number of hydrogen-bond acceptors (Lipinski definition) is 6. The van der Waals surface area contributed by atoms with Crippen LogP contribution in [-0.4, -0.2) is 55.0 Å². The molecule has 1 unspecified atom stereocenters. The zero-order chi connectivity index (χ0) is 24.2. The number of ketones is 1. The topological polar surface area (TPSA) is 79.3 Å². The standard InChI is InChI=1S/C27H30N2O5/c1-4-6-12-29-24(18-8-7-9-20(16-18)33-14-5-2)23(26(31)27(29)32)25(30)19-10-11-22-21(17-19)28(3)13-15-34-22/h5,7-11,16-17,24,30H,2,4,6,12-15H2,1,3H3/b25-23-. The predicted octanol–water partition coefficient (Wildman–Crippen LogP) is 4.30. The molecule has 7 heteroatoms. The van der Waals surface area contributed by atoms with Gasteiger partial charge in [0.2, 0.25) is 0 Å². The van der Waals surface area contributed by atoms with Crippen molar-refractivity contribution in [3.05, 3.63) is 71.8 Å². The molecule has 34 heavy (non-hydrogen) atoms. The van der Waals surface area contributed by atoms with Gasteiger partial charge in [-0.2, -0.15) is 0 Å². The number of ether oxygens (including phenoxy) is 2. The molecule has 0 radical (unpaired) electrons. The number of anilines is 1. The van der Waals surface area contributed by atoms with Crippen LogP contribution >= 0.6 is 0 Å². The lowest BCUT2D eigenvalue weighted by Gasteiger charge is -2.28. The number of carbonyl (C=O) groups excluding carboxylic acids is 2. The summed E-state index contributed by atoms with van der Waals surface area (Å²) in [4.78, 5) is 29.8. The summed E-state index contributed by atoms with van der Waals surface area (Å²) in [6.45, 7) is 7.76. The molecule has 178 valence electrons. The molecule has 2 aliphatic rings. The largest absolute Gasteiger partial charge is 0.507 e. The third kappa shape index (κ3) is 4.38. The van der Waals surface area contributed by atoms with Gasteiger partial charge in [-0.3, -0.25) is 9.59 Å². The Balaban J connectivity index is 1.82. The van der Waals surface area contributed by atoms with Crippen molar-refractivity contribution in [2.24, 2.45) is 0 Å². The van der Waals surface area contributed by atoms with Gasteiger partial charge in [-0.05, 0) is 42.3 Å². The van der Waals surface area contributed by atoms with E-state index in [1.54, 1.807) is 35.2 Å². The second-order valence-electron chi connectivity index (χ2n) is 8.47. The maximum atomic E-state index is 13.2. The number of hydrogen-bond donors (Lipinski definition) is 1. The van der Waals surface area contributed by atoms with Gasteiger partial charge < -0.3 is 24.4 Å². The molecule has 1 N–H and O–H groups in total. The first-order valence-corrected chi connectivity index (χ1v) is 11.6. The van der Waals surface area contributed by atoms with Gasteiger partial charge in [0.05, 0.1) is 23.8 Å². The Hall–Kier alpha value is -3.74. The fraction of sp³-hybridized carbons (Fsp3) is 0.333. The average molecular weight is 463 g/mol. The van der Waals surface area contributed by atoms with E-state index >= 15 is 0 Å². The van der Waals surface area contributed by atoms with E-state index in [1.165, 1.54) is 0 Å². The molecule has 0 aliphatic carbocycles. The molecule has 2 aromatic rings. The van der Waals surface area contributed by atoms with Gasteiger partial charge in [0.15, 0.2) is 0 Å². The maximum absolute atomic E-state index is 13.2. The number of carbonyl (C=O) groups is 2. The molecular formula is C27H30N2O5. The highest BCUT2D eigenvalue weighted by atomic mass is 16.5. The van der Waals surface area contributed by atoms with Crippen LogP contribution in [0.5, 0.6) is 11.5 Å². The van der Waals surface area contributed by atoms with Gasteiger partial charge in [-0.25, -0.2) is 0 Å². The van der Waals surface area contributed by atoms with Gasteiger partial charge in [-0.15, -0.1) is 0 Å². The Morgan fingerprint density at radius 1 is 1.26 bits per heavy atom. The first-order valence-electron chi connectivity index (χ1n) is 11.6. The number of benzene rings is 2. The fourth-order valence-electron chi connectivity index (χ4n) is 4.37.